The maximum absolute atomic E-state index is 13.9. The summed E-state index contributed by atoms with van der Waals surface area (Å²) in [5, 5.41) is 0. The summed E-state index contributed by atoms with van der Waals surface area (Å²) in [5.74, 6) is -2.14. The summed E-state index contributed by atoms with van der Waals surface area (Å²) in [6, 6.07) is 2.58. The molecule has 0 N–H and O–H groups in total. The molecule has 7 heteroatoms. The molecular formula is C18H22FNO5. The second-order valence-corrected chi connectivity index (χ2v) is 6.72. The van der Waals surface area contributed by atoms with Crippen molar-refractivity contribution < 1.29 is 28.2 Å². The fourth-order valence-corrected chi connectivity index (χ4v) is 2.64. The molecule has 1 heterocycles. The van der Waals surface area contributed by atoms with Gasteiger partial charge in [-0.15, -0.1) is 0 Å². The molecule has 136 valence electrons. The summed E-state index contributed by atoms with van der Waals surface area (Å²) in [7, 11) is 0. The zero-order chi connectivity index (χ0) is 18.8. The molecule has 1 aliphatic heterocycles. The summed E-state index contributed by atoms with van der Waals surface area (Å²) < 4.78 is 29.8. The first-order valence-electron chi connectivity index (χ1n) is 7.98. The van der Waals surface area contributed by atoms with Crippen molar-refractivity contribution in [3.05, 3.63) is 35.1 Å². The van der Waals surface area contributed by atoms with Crippen molar-refractivity contribution >= 4 is 18.3 Å². The molecule has 0 radical (unpaired) electrons. The number of aryl methyl sites for hydroxylation is 1. The lowest BCUT2D eigenvalue weighted by molar-refractivity contribution is -0.175. The van der Waals surface area contributed by atoms with Gasteiger partial charge < -0.3 is 14.2 Å². The zero-order valence-electron chi connectivity index (χ0n) is 15.0. The van der Waals surface area contributed by atoms with E-state index < -0.39 is 35.0 Å². The number of ether oxygens (including phenoxy) is 3. The van der Waals surface area contributed by atoms with Gasteiger partial charge in [0.2, 0.25) is 6.04 Å². The Balaban J connectivity index is 2.58. The van der Waals surface area contributed by atoms with Gasteiger partial charge in [-0.2, -0.15) is 0 Å². The monoisotopic (exact) mass is 351 g/mol. The van der Waals surface area contributed by atoms with Gasteiger partial charge in [-0.1, -0.05) is 6.07 Å². The number of hydrogen-bond donors (Lipinski definition) is 0. The van der Waals surface area contributed by atoms with E-state index in [4.69, 9.17) is 14.2 Å². The fourth-order valence-electron chi connectivity index (χ4n) is 2.64. The lowest BCUT2D eigenvalue weighted by Crippen LogP contribution is -2.51. The van der Waals surface area contributed by atoms with Crippen LogP contribution in [-0.2, 0) is 29.4 Å². The first-order chi connectivity index (χ1) is 11.6. The highest BCUT2D eigenvalue weighted by Crippen LogP contribution is 2.39. The maximum atomic E-state index is 13.9. The average Bonchev–Trinajstić information content (AvgIpc) is 2.94. The highest BCUT2D eigenvalue weighted by molar-refractivity contribution is 5.95. The Hall–Kier alpha value is -2.44. The quantitative estimate of drug-likeness (QED) is 0.780. The molecule has 0 saturated carbocycles. The van der Waals surface area contributed by atoms with Crippen molar-refractivity contribution in [1.82, 2.24) is 0 Å². The molecule has 0 spiro atoms. The van der Waals surface area contributed by atoms with Crippen LogP contribution in [0, 0.1) is 12.7 Å². The van der Waals surface area contributed by atoms with Crippen molar-refractivity contribution in [3.8, 4) is 0 Å². The molecule has 0 bridgehead atoms. The second-order valence-electron chi connectivity index (χ2n) is 6.72. The first kappa shape index (κ1) is 18.9. The summed E-state index contributed by atoms with van der Waals surface area (Å²) >= 11 is 0. The number of hydrogen-bond acceptors (Lipinski definition) is 6. The van der Waals surface area contributed by atoms with Crippen molar-refractivity contribution in [2.45, 2.75) is 51.9 Å². The maximum Gasteiger partial charge on any atom is 0.358 e. The molecule has 0 amide bonds. The molecule has 0 fully saturated rings. The van der Waals surface area contributed by atoms with Gasteiger partial charge in [-0.3, -0.25) is 0 Å². The standard InChI is InChI=1S/C18H22FNO5/c1-6-23-16(22)18(13-9-12(19)8-7-11(13)2)14(20-10-24-18)15(21)25-17(3,4)5/h7-10,14H,6H2,1-5H3/t14-,18-/m1/s1. The Bertz CT molecular complexity index is 710. The number of halogens is 1. The average molecular weight is 351 g/mol. The predicted octanol–water partition coefficient (Wildman–Crippen LogP) is 2.66. The normalized spacial score (nSPS) is 22.4. The third kappa shape index (κ3) is 3.65. The summed E-state index contributed by atoms with van der Waals surface area (Å²) in [4.78, 5) is 29.4. The zero-order valence-corrected chi connectivity index (χ0v) is 15.0. The van der Waals surface area contributed by atoms with Gasteiger partial charge in [-0.05, 0) is 52.3 Å². The summed E-state index contributed by atoms with van der Waals surface area (Å²) in [5.41, 5.74) is -1.95. The Labute approximate surface area is 146 Å². The molecule has 1 aromatic carbocycles. The Morgan fingerprint density at radius 1 is 1.36 bits per heavy atom. The van der Waals surface area contributed by atoms with Gasteiger partial charge >= 0.3 is 11.9 Å². The Morgan fingerprint density at radius 2 is 2.04 bits per heavy atom. The van der Waals surface area contributed by atoms with Crippen LogP contribution in [0.2, 0.25) is 0 Å². The van der Waals surface area contributed by atoms with Crippen molar-refractivity contribution in [2.75, 3.05) is 6.61 Å². The molecule has 0 unspecified atom stereocenters. The van der Waals surface area contributed by atoms with Crippen LogP contribution >= 0.6 is 0 Å². The SMILES string of the molecule is CCOC(=O)[C@]1(c2cc(F)ccc2C)OC=N[C@@H]1C(=O)OC(C)(C)C. The van der Waals surface area contributed by atoms with Crippen LogP contribution in [0.25, 0.3) is 0 Å². The molecule has 1 aromatic rings. The third-order valence-electron chi connectivity index (χ3n) is 3.64. The molecule has 6 nitrogen and oxygen atoms in total. The van der Waals surface area contributed by atoms with Crippen LogP contribution in [0.4, 0.5) is 4.39 Å². The Morgan fingerprint density at radius 3 is 2.64 bits per heavy atom. The number of esters is 2. The van der Waals surface area contributed by atoms with E-state index in [9.17, 15) is 14.0 Å². The smallest absolute Gasteiger partial charge is 0.358 e. The van der Waals surface area contributed by atoms with Gasteiger partial charge in [-0.25, -0.2) is 19.0 Å². The van der Waals surface area contributed by atoms with Gasteiger partial charge in [0.15, 0.2) is 6.40 Å². The minimum Gasteiger partial charge on any atom is -0.463 e. The highest BCUT2D eigenvalue weighted by Gasteiger charge is 2.59. The van der Waals surface area contributed by atoms with Gasteiger partial charge in [0, 0.05) is 5.56 Å². The summed E-state index contributed by atoms with van der Waals surface area (Å²) in [6.45, 7) is 8.48. The van der Waals surface area contributed by atoms with Gasteiger partial charge in [0.05, 0.1) is 6.61 Å². The topological polar surface area (TPSA) is 74.2 Å². The molecule has 0 aliphatic carbocycles. The minimum absolute atomic E-state index is 0.0688. The Kier molecular flexibility index (Phi) is 5.15. The largest absolute Gasteiger partial charge is 0.463 e. The third-order valence-corrected chi connectivity index (χ3v) is 3.64. The molecule has 0 aromatic heterocycles. The highest BCUT2D eigenvalue weighted by atomic mass is 19.1. The van der Waals surface area contributed by atoms with E-state index in [1.807, 2.05) is 0 Å². The minimum atomic E-state index is -1.91. The van der Waals surface area contributed by atoms with E-state index in [2.05, 4.69) is 4.99 Å². The number of aliphatic imine (C=N–C) groups is 1. The first-order valence-corrected chi connectivity index (χ1v) is 7.98. The molecule has 0 saturated heterocycles. The van der Waals surface area contributed by atoms with E-state index >= 15 is 0 Å². The van der Waals surface area contributed by atoms with Crippen molar-refractivity contribution in [2.24, 2.45) is 4.99 Å². The van der Waals surface area contributed by atoms with Gasteiger partial charge in [0.1, 0.15) is 11.4 Å². The number of benzene rings is 1. The van der Waals surface area contributed by atoms with Crippen LogP contribution in [0.15, 0.2) is 23.2 Å². The van der Waals surface area contributed by atoms with Crippen molar-refractivity contribution in [3.63, 3.8) is 0 Å². The number of nitrogens with zero attached hydrogens (tertiary/aromatic N) is 1. The van der Waals surface area contributed by atoms with E-state index in [-0.39, 0.29) is 12.2 Å². The lowest BCUT2D eigenvalue weighted by atomic mass is 9.83. The van der Waals surface area contributed by atoms with E-state index in [1.165, 1.54) is 12.1 Å². The van der Waals surface area contributed by atoms with Crippen molar-refractivity contribution in [1.29, 1.82) is 0 Å². The van der Waals surface area contributed by atoms with Crippen LogP contribution < -0.4 is 0 Å². The fraction of sp³-hybridized carbons (Fsp3) is 0.500. The summed E-state index contributed by atoms with van der Waals surface area (Å²) in [6.07, 6.45) is 1.01. The number of carbonyl (C=O) groups is 2. The molecule has 25 heavy (non-hydrogen) atoms. The second kappa shape index (κ2) is 6.82. The number of carbonyl (C=O) groups excluding carboxylic acids is 2. The molecule has 2 rings (SSSR count). The number of rotatable bonds is 4. The van der Waals surface area contributed by atoms with E-state index in [1.54, 1.807) is 34.6 Å². The van der Waals surface area contributed by atoms with Crippen LogP contribution in [0.1, 0.15) is 38.8 Å². The van der Waals surface area contributed by atoms with Crippen LogP contribution in [0.5, 0.6) is 0 Å². The van der Waals surface area contributed by atoms with E-state index in [0.29, 0.717) is 5.56 Å². The molecule has 1 aliphatic rings. The molecular weight excluding hydrogens is 329 g/mol. The predicted molar refractivity (Wildman–Crippen MR) is 88.7 cm³/mol. The van der Waals surface area contributed by atoms with Crippen LogP contribution in [0.3, 0.4) is 0 Å². The molecule has 2 atom stereocenters. The van der Waals surface area contributed by atoms with Gasteiger partial charge in [0.25, 0.3) is 5.60 Å². The van der Waals surface area contributed by atoms with E-state index in [0.717, 1.165) is 12.5 Å². The lowest BCUT2D eigenvalue weighted by Gasteiger charge is -2.32. The van der Waals surface area contributed by atoms with Crippen LogP contribution in [-0.4, -0.2) is 36.6 Å².